The third-order valence-corrected chi connectivity index (χ3v) is 4.65. The zero-order chi connectivity index (χ0) is 17.8. The summed E-state index contributed by atoms with van der Waals surface area (Å²) in [7, 11) is 0. The van der Waals surface area contributed by atoms with Gasteiger partial charge in [0.1, 0.15) is 0 Å². The summed E-state index contributed by atoms with van der Waals surface area (Å²) in [6, 6.07) is 15.7. The lowest BCUT2D eigenvalue weighted by Crippen LogP contribution is -2.31. The van der Waals surface area contributed by atoms with Crippen molar-refractivity contribution in [2.75, 3.05) is 24.5 Å². The highest BCUT2D eigenvalue weighted by atomic mass is 16.5. The summed E-state index contributed by atoms with van der Waals surface area (Å²) in [6.07, 6.45) is 4.43. The van der Waals surface area contributed by atoms with E-state index in [0.717, 1.165) is 25.1 Å². The number of nitrogens with zero attached hydrogens (tertiary/aromatic N) is 3. The third-order valence-electron chi connectivity index (χ3n) is 4.65. The van der Waals surface area contributed by atoms with Crippen LogP contribution in [-0.2, 0) is 0 Å². The first kappa shape index (κ1) is 16.3. The second-order valence-corrected chi connectivity index (χ2v) is 6.46. The van der Waals surface area contributed by atoms with Gasteiger partial charge in [0.25, 0.3) is 5.91 Å². The van der Waals surface area contributed by atoms with Crippen LogP contribution in [0, 0.1) is 5.92 Å². The fourth-order valence-corrected chi connectivity index (χ4v) is 3.23. The van der Waals surface area contributed by atoms with Crippen molar-refractivity contribution in [2.45, 2.75) is 6.42 Å². The van der Waals surface area contributed by atoms with Crippen LogP contribution in [0.2, 0.25) is 0 Å². The molecule has 1 atom stereocenters. The summed E-state index contributed by atoms with van der Waals surface area (Å²) in [5.41, 5.74) is 2.33. The van der Waals surface area contributed by atoms with E-state index in [-0.39, 0.29) is 5.91 Å². The van der Waals surface area contributed by atoms with Crippen molar-refractivity contribution in [3.8, 4) is 11.3 Å². The minimum Gasteiger partial charge on any atom is -0.371 e. The highest BCUT2D eigenvalue weighted by molar-refractivity contribution is 5.93. The number of para-hydroxylation sites is 1. The van der Waals surface area contributed by atoms with E-state index in [1.54, 1.807) is 18.5 Å². The zero-order valence-corrected chi connectivity index (χ0v) is 14.3. The van der Waals surface area contributed by atoms with Crippen molar-refractivity contribution in [3.05, 3.63) is 66.6 Å². The first-order valence-electron chi connectivity index (χ1n) is 8.75. The quantitative estimate of drug-likeness (QED) is 0.767. The van der Waals surface area contributed by atoms with Crippen LogP contribution in [-0.4, -0.2) is 35.7 Å². The van der Waals surface area contributed by atoms with Crippen molar-refractivity contribution in [2.24, 2.45) is 5.92 Å². The molecule has 0 aliphatic carbocycles. The van der Waals surface area contributed by atoms with Crippen LogP contribution in [0.3, 0.4) is 0 Å². The lowest BCUT2D eigenvalue weighted by atomic mass is 10.1. The predicted molar refractivity (Wildman–Crippen MR) is 98.8 cm³/mol. The monoisotopic (exact) mass is 348 g/mol. The van der Waals surface area contributed by atoms with Crippen LogP contribution >= 0.6 is 0 Å². The van der Waals surface area contributed by atoms with E-state index in [2.05, 4.69) is 44.6 Å². The third kappa shape index (κ3) is 3.59. The Morgan fingerprint density at radius 1 is 1.23 bits per heavy atom. The second kappa shape index (κ2) is 7.39. The zero-order valence-electron chi connectivity index (χ0n) is 14.3. The molecule has 6 heteroatoms. The van der Waals surface area contributed by atoms with Gasteiger partial charge in [-0.15, -0.1) is 0 Å². The Kier molecular flexibility index (Phi) is 4.64. The van der Waals surface area contributed by atoms with Gasteiger partial charge in [0.05, 0.1) is 0 Å². The molecule has 6 nitrogen and oxygen atoms in total. The van der Waals surface area contributed by atoms with Crippen molar-refractivity contribution in [3.63, 3.8) is 0 Å². The van der Waals surface area contributed by atoms with E-state index < -0.39 is 0 Å². The van der Waals surface area contributed by atoms with E-state index in [1.807, 2.05) is 18.2 Å². The molecule has 2 aromatic heterocycles. The van der Waals surface area contributed by atoms with Crippen LogP contribution < -0.4 is 10.2 Å². The van der Waals surface area contributed by atoms with Gasteiger partial charge in [0.2, 0.25) is 0 Å². The Labute approximate surface area is 151 Å². The van der Waals surface area contributed by atoms with Gasteiger partial charge >= 0.3 is 0 Å². The molecule has 1 amide bonds. The van der Waals surface area contributed by atoms with Crippen molar-refractivity contribution >= 4 is 11.6 Å². The number of rotatable bonds is 5. The summed E-state index contributed by atoms with van der Waals surface area (Å²) in [4.78, 5) is 18.7. The average molecular weight is 348 g/mol. The summed E-state index contributed by atoms with van der Waals surface area (Å²) >= 11 is 0. The molecule has 0 saturated carbocycles. The molecular weight excluding hydrogens is 328 g/mol. The van der Waals surface area contributed by atoms with E-state index in [1.165, 1.54) is 5.69 Å². The summed E-state index contributed by atoms with van der Waals surface area (Å²) in [5, 5.41) is 6.85. The van der Waals surface area contributed by atoms with E-state index >= 15 is 0 Å². The predicted octanol–water partition coefficient (Wildman–Crippen LogP) is 2.99. The maximum Gasteiger partial charge on any atom is 0.273 e. The van der Waals surface area contributed by atoms with Crippen LogP contribution in [0.15, 0.2) is 65.4 Å². The van der Waals surface area contributed by atoms with Gasteiger partial charge in [-0.2, -0.15) is 0 Å². The Morgan fingerprint density at radius 3 is 2.92 bits per heavy atom. The largest absolute Gasteiger partial charge is 0.371 e. The SMILES string of the molecule is O=C(NC[C@@H]1CCN(c2ccccc2)C1)c1cc(-c2cccnc2)on1. The van der Waals surface area contributed by atoms with Gasteiger partial charge in [0, 0.05) is 49.3 Å². The normalized spacial score (nSPS) is 16.6. The van der Waals surface area contributed by atoms with Crippen LogP contribution in [0.1, 0.15) is 16.9 Å². The van der Waals surface area contributed by atoms with Crippen molar-refractivity contribution in [1.82, 2.24) is 15.5 Å². The molecule has 1 aliphatic heterocycles. The first-order chi connectivity index (χ1) is 12.8. The van der Waals surface area contributed by atoms with Gasteiger partial charge in [-0.05, 0) is 36.6 Å². The molecule has 3 heterocycles. The number of amides is 1. The van der Waals surface area contributed by atoms with E-state index in [9.17, 15) is 4.79 Å². The Balaban J connectivity index is 1.32. The topological polar surface area (TPSA) is 71.3 Å². The number of benzene rings is 1. The van der Waals surface area contributed by atoms with Gasteiger partial charge in [0.15, 0.2) is 11.5 Å². The fraction of sp³-hybridized carbons (Fsp3) is 0.250. The first-order valence-corrected chi connectivity index (χ1v) is 8.75. The smallest absolute Gasteiger partial charge is 0.273 e. The van der Waals surface area contributed by atoms with Crippen molar-refractivity contribution < 1.29 is 9.32 Å². The summed E-state index contributed by atoms with van der Waals surface area (Å²) < 4.78 is 5.26. The lowest BCUT2D eigenvalue weighted by Gasteiger charge is -2.18. The number of hydrogen-bond donors (Lipinski definition) is 1. The molecule has 1 aromatic carbocycles. The molecule has 1 N–H and O–H groups in total. The Hall–Kier alpha value is -3.15. The molecule has 26 heavy (non-hydrogen) atoms. The number of aromatic nitrogens is 2. The molecule has 0 spiro atoms. The minimum atomic E-state index is -0.206. The number of pyridine rings is 1. The fourth-order valence-electron chi connectivity index (χ4n) is 3.23. The number of nitrogens with one attached hydrogen (secondary N) is 1. The highest BCUT2D eigenvalue weighted by Crippen LogP contribution is 2.23. The number of anilines is 1. The van der Waals surface area contributed by atoms with Crippen LogP contribution in [0.5, 0.6) is 0 Å². The standard InChI is InChI=1S/C20H20N4O2/c25-20(18-11-19(26-23-18)16-5-4-9-21-13-16)22-12-15-8-10-24(14-15)17-6-2-1-3-7-17/h1-7,9,11,13,15H,8,10,12,14H2,(H,22,25)/t15-/m0/s1. The van der Waals surface area contributed by atoms with Crippen molar-refractivity contribution in [1.29, 1.82) is 0 Å². The van der Waals surface area contributed by atoms with Crippen LogP contribution in [0.4, 0.5) is 5.69 Å². The molecule has 3 aromatic rings. The van der Waals surface area contributed by atoms with Crippen LogP contribution in [0.25, 0.3) is 11.3 Å². The summed E-state index contributed by atoms with van der Waals surface area (Å²) in [5.74, 6) is 0.769. The molecule has 1 fully saturated rings. The average Bonchev–Trinajstić information content (AvgIpc) is 3.37. The highest BCUT2D eigenvalue weighted by Gasteiger charge is 2.23. The van der Waals surface area contributed by atoms with E-state index in [0.29, 0.717) is 23.9 Å². The molecule has 1 saturated heterocycles. The molecule has 0 radical (unpaired) electrons. The number of carbonyl (C=O) groups excluding carboxylic acids is 1. The maximum atomic E-state index is 12.3. The maximum absolute atomic E-state index is 12.3. The molecule has 1 aliphatic rings. The Bertz CT molecular complexity index is 864. The summed E-state index contributed by atoms with van der Waals surface area (Å²) in [6.45, 7) is 2.60. The molecule has 0 unspecified atom stereocenters. The van der Waals surface area contributed by atoms with E-state index in [4.69, 9.17) is 4.52 Å². The Morgan fingerprint density at radius 2 is 2.12 bits per heavy atom. The molecule has 0 bridgehead atoms. The number of carbonyl (C=O) groups is 1. The minimum absolute atomic E-state index is 0.206. The molecule has 4 rings (SSSR count). The lowest BCUT2D eigenvalue weighted by molar-refractivity contribution is 0.0939. The molecular formula is C20H20N4O2. The number of hydrogen-bond acceptors (Lipinski definition) is 5. The molecule has 132 valence electrons. The van der Waals surface area contributed by atoms with Gasteiger partial charge < -0.3 is 14.7 Å². The van der Waals surface area contributed by atoms with Gasteiger partial charge in [-0.25, -0.2) is 0 Å². The van der Waals surface area contributed by atoms with Gasteiger partial charge in [-0.3, -0.25) is 9.78 Å². The second-order valence-electron chi connectivity index (χ2n) is 6.46. The van der Waals surface area contributed by atoms with Gasteiger partial charge in [-0.1, -0.05) is 23.4 Å².